The minimum Gasteiger partial charge on any atom is -0.497 e. The van der Waals surface area contributed by atoms with Gasteiger partial charge in [-0.2, -0.15) is 0 Å². The molecule has 130 valence electrons. The number of thiazole rings is 1. The van der Waals surface area contributed by atoms with E-state index in [9.17, 15) is 13.2 Å². The van der Waals surface area contributed by atoms with Crippen LogP contribution in [0.5, 0.6) is 5.75 Å². The summed E-state index contributed by atoms with van der Waals surface area (Å²) >= 11 is 1.48. The van der Waals surface area contributed by atoms with E-state index in [-0.39, 0.29) is 23.0 Å². The van der Waals surface area contributed by atoms with E-state index in [2.05, 4.69) is 10.3 Å². The van der Waals surface area contributed by atoms with Crippen LogP contribution < -0.4 is 10.1 Å². The molecule has 0 atom stereocenters. The van der Waals surface area contributed by atoms with Crippen LogP contribution in [0.1, 0.15) is 6.42 Å². The molecule has 3 rings (SSSR count). The minimum atomic E-state index is -3.52. The molecule has 0 saturated heterocycles. The van der Waals surface area contributed by atoms with Crippen molar-refractivity contribution in [1.29, 1.82) is 0 Å². The van der Waals surface area contributed by atoms with Crippen LogP contribution in [0.4, 0.5) is 5.69 Å². The highest BCUT2D eigenvalue weighted by Crippen LogP contribution is 2.22. The molecule has 6 nitrogen and oxygen atoms in total. The Morgan fingerprint density at radius 3 is 2.68 bits per heavy atom. The molecule has 0 aliphatic rings. The monoisotopic (exact) mass is 376 g/mol. The van der Waals surface area contributed by atoms with Gasteiger partial charge in [-0.15, -0.1) is 11.3 Å². The first-order valence-corrected chi connectivity index (χ1v) is 10.0. The maximum atomic E-state index is 12.3. The van der Waals surface area contributed by atoms with Crippen molar-refractivity contribution in [2.45, 2.75) is 11.3 Å². The molecule has 1 amide bonds. The fourth-order valence-electron chi connectivity index (χ4n) is 2.28. The summed E-state index contributed by atoms with van der Waals surface area (Å²) in [6, 6.07) is 11.5. The lowest BCUT2D eigenvalue weighted by atomic mass is 10.3. The van der Waals surface area contributed by atoms with E-state index in [1.54, 1.807) is 23.7 Å². The lowest BCUT2D eigenvalue weighted by Gasteiger charge is -2.07. The van der Waals surface area contributed by atoms with Crippen LogP contribution in [-0.2, 0) is 14.6 Å². The molecule has 0 bridgehead atoms. The van der Waals surface area contributed by atoms with Crippen molar-refractivity contribution >= 4 is 43.0 Å². The zero-order valence-electron chi connectivity index (χ0n) is 13.4. The number of amides is 1. The van der Waals surface area contributed by atoms with Gasteiger partial charge in [0.2, 0.25) is 5.91 Å². The molecule has 1 aromatic heterocycles. The van der Waals surface area contributed by atoms with Gasteiger partial charge in [-0.05, 0) is 42.5 Å². The maximum Gasteiger partial charge on any atom is 0.225 e. The van der Waals surface area contributed by atoms with Gasteiger partial charge >= 0.3 is 0 Å². The number of anilines is 1. The second-order valence-electron chi connectivity index (χ2n) is 5.33. The van der Waals surface area contributed by atoms with E-state index in [0.717, 1.165) is 10.2 Å². The van der Waals surface area contributed by atoms with Crippen molar-refractivity contribution in [3.63, 3.8) is 0 Å². The highest BCUT2D eigenvalue weighted by Gasteiger charge is 2.17. The SMILES string of the molecule is COc1ccc(S(=O)(=O)CCC(=O)Nc2ccc3ncsc3c2)cc1. The van der Waals surface area contributed by atoms with E-state index in [0.29, 0.717) is 11.4 Å². The van der Waals surface area contributed by atoms with Gasteiger partial charge in [-0.3, -0.25) is 4.79 Å². The highest BCUT2D eigenvalue weighted by atomic mass is 32.2. The average molecular weight is 376 g/mol. The average Bonchev–Trinajstić information content (AvgIpc) is 3.08. The number of carbonyl (C=O) groups excluding carboxylic acids is 1. The third-order valence-electron chi connectivity index (χ3n) is 3.63. The zero-order valence-corrected chi connectivity index (χ0v) is 15.1. The third kappa shape index (κ3) is 4.15. The molecule has 0 aliphatic carbocycles. The summed E-state index contributed by atoms with van der Waals surface area (Å²) in [5, 5.41) is 2.72. The maximum absolute atomic E-state index is 12.3. The Morgan fingerprint density at radius 2 is 1.96 bits per heavy atom. The van der Waals surface area contributed by atoms with E-state index < -0.39 is 9.84 Å². The summed E-state index contributed by atoms with van der Waals surface area (Å²) in [6.07, 6.45) is -0.116. The molecule has 0 aliphatic heterocycles. The molecule has 1 N–H and O–H groups in total. The molecule has 8 heteroatoms. The second kappa shape index (κ2) is 7.20. The van der Waals surface area contributed by atoms with Crippen LogP contribution in [-0.4, -0.2) is 32.2 Å². The smallest absolute Gasteiger partial charge is 0.225 e. The number of hydrogen-bond acceptors (Lipinski definition) is 6. The van der Waals surface area contributed by atoms with Crippen molar-refractivity contribution in [1.82, 2.24) is 4.98 Å². The van der Waals surface area contributed by atoms with Crippen LogP contribution in [0.25, 0.3) is 10.2 Å². The van der Waals surface area contributed by atoms with Crippen molar-refractivity contribution in [3.8, 4) is 5.75 Å². The first-order chi connectivity index (χ1) is 12.0. The van der Waals surface area contributed by atoms with Gasteiger partial charge in [0.15, 0.2) is 9.84 Å². The number of nitrogens with one attached hydrogen (secondary N) is 1. The summed E-state index contributed by atoms with van der Waals surface area (Å²) in [7, 11) is -2.01. The number of sulfone groups is 1. The van der Waals surface area contributed by atoms with E-state index >= 15 is 0 Å². The highest BCUT2D eigenvalue weighted by molar-refractivity contribution is 7.91. The minimum absolute atomic E-state index is 0.116. The molecule has 0 radical (unpaired) electrons. The number of hydrogen-bond donors (Lipinski definition) is 1. The number of aromatic nitrogens is 1. The number of fused-ring (bicyclic) bond motifs is 1. The van der Waals surface area contributed by atoms with Crippen molar-refractivity contribution in [2.75, 3.05) is 18.2 Å². The zero-order chi connectivity index (χ0) is 17.9. The topological polar surface area (TPSA) is 85.4 Å². The summed E-state index contributed by atoms with van der Waals surface area (Å²) in [5.41, 5.74) is 3.23. The summed E-state index contributed by atoms with van der Waals surface area (Å²) in [6.45, 7) is 0. The Labute approximate surface area is 149 Å². The van der Waals surface area contributed by atoms with Gasteiger partial charge in [0.05, 0.1) is 33.5 Å². The summed E-state index contributed by atoms with van der Waals surface area (Å²) < 4.78 is 30.6. The number of methoxy groups -OCH3 is 1. The summed E-state index contributed by atoms with van der Waals surface area (Å²) in [4.78, 5) is 16.4. The fraction of sp³-hybridized carbons (Fsp3) is 0.176. The van der Waals surface area contributed by atoms with Crippen LogP contribution in [0.15, 0.2) is 52.9 Å². The predicted molar refractivity (Wildman–Crippen MR) is 97.9 cm³/mol. The Kier molecular flexibility index (Phi) is 5.00. The summed E-state index contributed by atoms with van der Waals surface area (Å²) in [5.74, 6) is -0.0235. The molecule has 0 unspecified atom stereocenters. The normalized spacial score (nSPS) is 11.4. The standard InChI is InChI=1S/C17H16N2O4S2/c1-23-13-3-5-14(6-4-13)25(21,22)9-8-17(20)19-12-2-7-15-16(10-12)24-11-18-15/h2-7,10-11H,8-9H2,1H3,(H,19,20). The Bertz CT molecular complexity index is 995. The van der Waals surface area contributed by atoms with Crippen molar-refractivity contribution in [3.05, 3.63) is 48.0 Å². The van der Waals surface area contributed by atoms with Gasteiger partial charge in [0.25, 0.3) is 0 Å². The van der Waals surface area contributed by atoms with Gasteiger partial charge in [0.1, 0.15) is 5.75 Å². The molecule has 3 aromatic rings. The molecule has 0 spiro atoms. The van der Waals surface area contributed by atoms with Gasteiger partial charge in [-0.1, -0.05) is 0 Å². The molecular weight excluding hydrogens is 360 g/mol. The van der Waals surface area contributed by atoms with Crippen molar-refractivity contribution < 1.29 is 17.9 Å². The number of benzene rings is 2. The predicted octanol–water partition coefficient (Wildman–Crippen LogP) is 3.11. The number of carbonyl (C=O) groups is 1. The molecule has 1 heterocycles. The van der Waals surface area contributed by atoms with Gasteiger partial charge < -0.3 is 10.1 Å². The number of ether oxygens (including phenoxy) is 1. The van der Waals surface area contributed by atoms with E-state index in [1.165, 1.54) is 30.6 Å². The lowest BCUT2D eigenvalue weighted by molar-refractivity contribution is -0.115. The lowest BCUT2D eigenvalue weighted by Crippen LogP contribution is -2.17. The number of nitrogens with zero attached hydrogens (tertiary/aromatic N) is 1. The molecule has 0 saturated carbocycles. The quantitative estimate of drug-likeness (QED) is 0.714. The first kappa shape index (κ1) is 17.4. The molecule has 25 heavy (non-hydrogen) atoms. The van der Waals surface area contributed by atoms with E-state index in [4.69, 9.17) is 4.74 Å². The van der Waals surface area contributed by atoms with Crippen LogP contribution in [0.2, 0.25) is 0 Å². The number of rotatable bonds is 6. The third-order valence-corrected chi connectivity index (χ3v) is 6.16. The second-order valence-corrected chi connectivity index (χ2v) is 8.32. The molecule has 0 fully saturated rings. The molecular formula is C17H16N2O4S2. The Hall–Kier alpha value is -2.45. The molecule has 2 aromatic carbocycles. The Morgan fingerprint density at radius 1 is 1.20 bits per heavy atom. The Balaban J connectivity index is 1.62. The van der Waals surface area contributed by atoms with Crippen LogP contribution in [0, 0.1) is 0 Å². The fourth-order valence-corrected chi connectivity index (χ4v) is 4.24. The van der Waals surface area contributed by atoms with Gasteiger partial charge in [0, 0.05) is 12.1 Å². The van der Waals surface area contributed by atoms with Crippen LogP contribution in [0.3, 0.4) is 0 Å². The van der Waals surface area contributed by atoms with E-state index in [1.807, 2.05) is 12.1 Å². The largest absolute Gasteiger partial charge is 0.497 e. The van der Waals surface area contributed by atoms with Gasteiger partial charge in [-0.25, -0.2) is 13.4 Å². The van der Waals surface area contributed by atoms with Crippen molar-refractivity contribution in [2.24, 2.45) is 0 Å². The van der Waals surface area contributed by atoms with Crippen LogP contribution >= 0.6 is 11.3 Å². The first-order valence-electron chi connectivity index (χ1n) is 7.48.